The highest BCUT2D eigenvalue weighted by molar-refractivity contribution is 7.12. The topological polar surface area (TPSA) is 44.7 Å². The molecule has 0 radical (unpaired) electrons. The number of nitrogens with one attached hydrogen (secondary N) is 1. The zero-order chi connectivity index (χ0) is 14.5. The van der Waals surface area contributed by atoms with E-state index in [0.29, 0.717) is 4.88 Å². The molecule has 1 N–H and O–H groups in total. The quantitative estimate of drug-likeness (QED) is 0.696. The highest BCUT2D eigenvalue weighted by Crippen LogP contribution is 2.19. The van der Waals surface area contributed by atoms with Gasteiger partial charge < -0.3 is 4.90 Å². The molecule has 0 bridgehead atoms. The summed E-state index contributed by atoms with van der Waals surface area (Å²) in [4.78, 5) is 14.8. The van der Waals surface area contributed by atoms with Gasteiger partial charge in [0.15, 0.2) is 0 Å². The van der Waals surface area contributed by atoms with E-state index in [1.54, 1.807) is 12.3 Å². The summed E-state index contributed by atoms with van der Waals surface area (Å²) in [6.45, 7) is 2.29. The normalized spacial score (nSPS) is 14.8. The van der Waals surface area contributed by atoms with E-state index in [4.69, 9.17) is 0 Å². The van der Waals surface area contributed by atoms with Crippen LogP contribution in [0.3, 0.4) is 0 Å². The Balaban J connectivity index is 1.57. The minimum Gasteiger partial charge on any atom is -0.372 e. The minimum atomic E-state index is -0.171. The van der Waals surface area contributed by atoms with Gasteiger partial charge in [-0.05, 0) is 42.0 Å². The van der Waals surface area contributed by atoms with E-state index < -0.39 is 0 Å². The molecule has 0 atom stereocenters. The summed E-state index contributed by atoms with van der Waals surface area (Å²) in [7, 11) is 0. The smallest absolute Gasteiger partial charge is 0.281 e. The fraction of sp³-hybridized carbons (Fsp3) is 0.250. The number of carbonyl (C=O) groups excluding carboxylic acids is 1. The average molecular weight is 299 g/mol. The molecule has 0 aliphatic carbocycles. The minimum absolute atomic E-state index is 0.171. The Morgan fingerprint density at radius 1 is 1.19 bits per heavy atom. The molecule has 3 rings (SSSR count). The number of nitrogens with zero attached hydrogens (tertiary/aromatic N) is 2. The largest absolute Gasteiger partial charge is 0.372 e. The van der Waals surface area contributed by atoms with Gasteiger partial charge in [-0.3, -0.25) is 4.79 Å². The molecule has 1 aliphatic heterocycles. The first-order valence-electron chi connectivity index (χ1n) is 7.05. The monoisotopic (exact) mass is 299 g/mol. The number of thiophene rings is 1. The van der Waals surface area contributed by atoms with E-state index >= 15 is 0 Å². The number of hydrogen-bond acceptors (Lipinski definition) is 4. The second-order valence-corrected chi connectivity index (χ2v) is 5.91. The van der Waals surface area contributed by atoms with Gasteiger partial charge in [0.25, 0.3) is 5.91 Å². The van der Waals surface area contributed by atoms with Crippen molar-refractivity contribution in [2.24, 2.45) is 5.10 Å². The summed E-state index contributed by atoms with van der Waals surface area (Å²) >= 11 is 1.40. The lowest BCUT2D eigenvalue weighted by atomic mass is 10.2. The standard InChI is InChI=1S/C16H17N3OS/c20-16(15-4-3-11-21-15)18-17-12-13-5-7-14(8-6-13)19-9-1-2-10-19/h3-8,11-12H,1-2,9-10H2,(H,18,20)/b17-12+. The van der Waals surface area contributed by atoms with Crippen LogP contribution in [0.4, 0.5) is 5.69 Å². The van der Waals surface area contributed by atoms with Gasteiger partial charge in [0.2, 0.25) is 0 Å². The number of hydrazone groups is 1. The maximum Gasteiger partial charge on any atom is 0.281 e. The number of hydrogen-bond donors (Lipinski definition) is 1. The molecule has 0 spiro atoms. The fourth-order valence-electron chi connectivity index (χ4n) is 2.37. The zero-order valence-electron chi connectivity index (χ0n) is 11.7. The predicted molar refractivity (Wildman–Crippen MR) is 87.3 cm³/mol. The van der Waals surface area contributed by atoms with Crippen LogP contribution >= 0.6 is 11.3 Å². The molecule has 1 fully saturated rings. The van der Waals surface area contributed by atoms with Gasteiger partial charge in [-0.25, -0.2) is 5.43 Å². The van der Waals surface area contributed by atoms with Crippen LogP contribution in [-0.4, -0.2) is 25.2 Å². The van der Waals surface area contributed by atoms with E-state index in [9.17, 15) is 4.79 Å². The molecule has 1 saturated heterocycles. The number of rotatable bonds is 4. The van der Waals surface area contributed by atoms with Gasteiger partial charge in [-0.1, -0.05) is 18.2 Å². The summed E-state index contributed by atoms with van der Waals surface area (Å²) in [5.74, 6) is -0.171. The van der Waals surface area contributed by atoms with Gasteiger partial charge >= 0.3 is 0 Å². The Hall–Kier alpha value is -2.14. The molecule has 0 unspecified atom stereocenters. The molecular weight excluding hydrogens is 282 g/mol. The average Bonchev–Trinajstić information content (AvgIpc) is 3.21. The summed E-state index contributed by atoms with van der Waals surface area (Å²) in [6.07, 6.45) is 4.22. The second-order valence-electron chi connectivity index (χ2n) is 4.96. The van der Waals surface area contributed by atoms with Crippen molar-refractivity contribution in [3.63, 3.8) is 0 Å². The Morgan fingerprint density at radius 2 is 1.95 bits per heavy atom. The molecular formula is C16H17N3OS. The lowest BCUT2D eigenvalue weighted by Crippen LogP contribution is -2.17. The Kier molecular flexibility index (Phi) is 4.31. The van der Waals surface area contributed by atoms with E-state index in [1.807, 2.05) is 23.6 Å². The van der Waals surface area contributed by atoms with E-state index in [0.717, 1.165) is 18.7 Å². The summed E-state index contributed by atoms with van der Waals surface area (Å²) < 4.78 is 0. The van der Waals surface area contributed by atoms with E-state index in [2.05, 4.69) is 27.6 Å². The summed E-state index contributed by atoms with van der Waals surface area (Å²) in [6, 6.07) is 11.9. The van der Waals surface area contributed by atoms with Crippen LogP contribution in [-0.2, 0) is 0 Å². The second kappa shape index (κ2) is 6.54. The molecule has 4 nitrogen and oxygen atoms in total. The third-order valence-corrected chi connectivity index (χ3v) is 4.36. The molecule has 1 aromatic heterocycles. The summed E-state index contributed by atoms with van der Waals surface area (Å²) in [5.41, 5.74) is 4.77. The Bertz CT molecular complexity index is 613. The first-order valence-corrected chi connectivity index (χ1v) is 7.93. The molecule has 21 heavy (non-hydrogen) atoms. The van der Waals surface area contributed by atoms with Crippen molar-refractivity contribution >= 4 is 29.1 Å². The molecule has 1 aliphatic rings. The van der Waals surface area contributed by atoms with Crippen molar-refractivity contribution in [1.29, 1.82) is 0 Å². The van der Waals surface area contributed by atoms with Crippen LogP contribution in [0, 0.1) is 0 Å². The van der Waals surface area contributed by atoms with Crippen molar-refractivity contribution in [2.75, 3.05) is 18.0 Å². The number of carbonyl (C=O) groups is 1. The number of anilines is 1. The SMILES string of the molecule is O=C(N/N=C/c1ccc(N2CCCC2)cc1)c1cccs1. The maximum absolute atomic E-state index is 11.7. The molecule has 2 aromatic rings. The first kappa shape index (κ1) is 13.8. The van der Waals surface area contributed by atoms with Crippen LogP contribution in [0.15, 0.2) is 46.9 Å². The molecule has 5 heteroatoms. The van der Waals surface area contributed by atoms with Crippen molar-refractivity contribution < 1.29 is 4.79 Å². The Labute approximate surface area is 128 Å². The van der Waals surface area contributed by atoms with Crippen molar-refractivity contribution in [1.82, 2.24) is 5.43 Å². The van der Waals surface area contributed by atoms with E-state index in [-0.39, 0.29) is 5.91 Å². The summed E-state index contributed by atoms with van der Waals surface area (Å²) in [5, 5.41) is 5.86. The van der Waals surface area contributed by atoms with Gasteiger partial charge in [0, 0.05) is 18.8 Å². The predicted octanol–water partition coefficient (Wildman–Crippen LogP) is 3.11. The highest BCUT2D eigenvalue weighted by atomic mass is 32.1. The third-order valence-electron chi connectivity index (χ3n) is 3.49. The zero-order valence-corrected chi connectivity index (χ0v) is 12.5. The lowest BCUT2D eigenvalue weighted by Gasteiger charge is -2.17. The van der Waals surface area contributed by atoms with Gasteiger partial charge in [-0.15, -0.1) is 11.3 Å². The van der Waals surface area contributed by atoms with Gasteiger partial charge in [-0.2, -0.15) is 5.10 Å². The highest BCUT2D eigenvalue weighted by Gasteiger charge is 2.11. The van der Waals surface area contributed by atoms with E-state index in [1.165, 1.54) is 29.9 Å². The molecule has 2 heterocycles. The maximum atomic E-state index is 11.7. The van der Waals surface area contributed by atoms with Gasteiger partial charge in [0.1, 0.15) is 0 Å². The van der Waals surface area contributed by atoms with Gasteiger partial charge in [0.05, 0.1) is 11.1 Å². The third kappa shape index (κ3) is 3.49. The molecule has 108 valence electrons. The molecule has 1 amide bonds. The molecule has 0 saturated carbocycles. The van der Waals surface area contributed by atoms with Crippen LogP contribution in [0.1, 0.15) is 28.1 Å². The number of amides is 1. The van der Waals surface area contributed by atoms with Crippen LogP contribution in [0.5, 0.6) is 0 Å². The van der Waals surface area contributed by atoms with Crippen LogP contribution < -0.4 is 10.3 Å². The fourth-order valence-corrected chi connectivity index (χ4v) is 2.99. The van der Waals surface area contributed by atoms with Crippen molar-refractivity contribution in [3.8, 4) is 0 Å². The Morgan fingerprint density at radius 3 is 2.62 bits per heavy atom. The first-order chi connectivity index (χ1) is 10.3. The van der Waals surface area contributed by atoms with Crippen molar-refractivity contribution in [3.05, 3.63) is 52.2 Å². The van der Waals surface area contributed by atoms with Crippen LogP contribution in [0.25, 0.3) is 0 Å². The van der Waals surface area contributed by atoms with Crippen molar-refractivity contribution in [2.45, 2.75) is 12.8 Å². The number of benzene rings is 1. The molecule has 1 aromatic carbocycles. The van der Waals surface area contributed by atoms with Crippen LogP contribution in [0.2, 0.25) is 0 Å². The lowest BCUT2D eigenvalue weighted by molar-refractivity contribution is 0.0959.